The number of hydrogen-bond donors (Lipinski definition) is 0. The van der Waals surface area contributed by atoms with E-state index in [2.05, 4.69) is 6.92 Å². The lowest BCUT2D eigenvalue weighted by atomic mass is 10.3. The third-order valence-corrected chi connectivity index (χ3v) is 2.48. The highest BCUT2D eigenvalue weighted by Crippen LogP contribution is 1.97. The Bertz CT molecular complexity index is 189. The molecule has 0 heterocycles. The summed E-state index contributed by atoms with van der Waals surface area (Å²) in [5, 5.41) is 0. The maximum absolute atomic E-state index is 10.4. The van der Waals surface area contributed by atoms with Gasteiger partial charge in [-0.25, -0.2) is 8.42 Å². The molecule has 0 spiro atoms. The number of rotatable bonds is 7. The molecule has 0 bridgehead atoms. The van der Waals surface area contributed by atoms with Crippen LogP contribution in [0.3, 0.4) is 0 Å². The Hall–Kier alpha value is 0.200. The molecule has 0 aromatic rings. The third kappa shape index (κ3) is 10.2. The van der Waals surface area contributed by atoms with Crippen molar-refractivity contribution < 1.29 is 13.2 Å². The van der Waals surface area contributed by atoms with Crippen LogP contribution < -0.4 is 0 Å². The van der Waals surface area contributed by atoms with Crippen molar-refractivity contribution in [2.45, 2.75) is 26.2 Å². The van der Waals surface area contributed by atoms with E-state index in [-0.39, 0.29) is 12.4 Å². The van der Waals surface area contributed by atoms with Crippen LogP contribution in [0.25, 0.3) is 0 Å². The van der Waals surface area contributed by atoms with Gasteiger partial charge in [-0.15, -0.1) is 0 Å². The molecule has 0 amide bonds. The highest BCUT2D eigenvalue weighted by Gasteiger charge is 2.03. The zero-order chi connectivity index (χ0) is 9.45. The molecule has 0 N–H and O–H groups in total. The summed E-state index contributed by atoms with van der Waals surface area (Å²) in [6.45, 7) is 2.93. The van der Waals surface area contributed by atoms with E-state index in [4.69, 9.17) is 15.4 Å². The molecule has 0 aromatic heterocycles. The van der Waals surface area contributed by atoms with Gasteiger partial charge < -0.3 is 4.74 Å². The Morgan fingerprint density at radius 2 is 1.92 bits per heavy atom. The van der Waals surface area contributed by atoms with Gasteiger partial charge in [-0.2, -0.15) is 0 Å². The van der Waals surface area contributed by atoms with Crippen LogP contribution in [0.1, 0.15) is 26.2 Å². The first-order valence-corrected chi connectivity index (χ1v) is 6.54. The molecule has 3 nitrogen and oxygen atoms in total. The predicted molar refractivity (Wildman–Crippen MR) is 50.0 cm³/mol. The standard InChI is InChI=1S/C7H15ClO3S/c1-2-3-4-5-11-6-7-12(8,9)10/h2-7H2,1H3. The highest BCUT2D eigenvalue weighted by atomic mass is 35.7. The summed E-state index contributed by atoms with van der Waals surface area (Å²) in [5.74, 6) is -0.0965. The SMILES string of the molecule is CCCCCOCCS(=O)(=O)Cl. The lowest BCUT2D eigenvalue weighted by Crippen LogP contribution is -2.07. The Morgan fingerprint density at radius 1 is 1.25 bits per heavy atom. The van der Waals surface area contributed by atoms with E-state index < -0.39 is 9.05 Å². The van der Waals surface area contributed by atoms with E-state index in [0.29, 0.717) is 6.61 Å². The quantitative estimate of drug-likeness (QED) is 0.479. The summed E-state index contributed by atoms with van der Waals surface area (Å²) in [7, 11) is 1.60. The van der Waals surface area contributed by atoms with Gasteiger partial charge in [0.25, 0.3) is 0 Å². The van der Waals surface area contributed by atoms with E-state index in [1.54, 1.807) is 0 Å². The Labute approximate surface area is 78.5 Å². The summed E-state index contributed by atoms with van der Waals surface area (Å²) < 4.78 is 25.9. The van der Waals surface area contributed by atoms with Crippen LogP contribution in [-0.2, 0) is 13.8 Å². The molecule has 0 unspecified atom stereocenters. The van der Waals surface area contributed by atoms with Gasteiger partial charge in [-0.3, -0.25) is 0 Å². The molecular weight excluding hydrogens is 200 g/mol. The van der Waals surface area contributed by atoms with E-state index >= 15 is 0 Å². The van der Waals surface area contributed by atoms with E-state index in [1.807, 2.05) is 0 Å². The van der Waals surface area contributed by atoms with Gasteiger partial charge in [-0.1, -0.05) is 19.8 Å². The smallest absolute Gasteiger partial charge is 0.234 e. The third-order valence-electron chi connectivity index (χ3n) is 1.36. The van der Waals surface area contributed by atoms with Crippen LogP contribution in [0.2, 0.25) is 0 Å². The van der Waals surface area contributed by atoms with Crippen molar-refractivity contribution in [2.75, 3.05) is 19.0 Å². The molecule has 0 aliphatic heterocycles. The Kier molecular flexibility index (Phi) is 6.80. The normalized spacial score (nSPS) is 11.8. The molecule has 0 fully saturated rings. The molecule has 0 atom stereocenters. The van der Waals surface area contributed by atoms with Crippen molar-refractivity contribution in [1.29, 1.82) is 0 Å². The molecule has 74 valence electrons. The second-order valence-corrected chi connectivity index (χ2v) is 5.46. The largest absolute Gasteiger partial charge is 0.380 e. The predicted octanol–water partition coefficient (Wildman–Crippen LogP) is 1.76. The number of halogens is 1. The molecule has 0 saturated carbocycles. The van der Waals surface area contributed by atoms with Gasteiger partial charge in [0.1, 0.15) is 0 Å². The van der Waals surface area contributed by atoms with Crippen LogP contribution >= 0.6 is 10.7 Å². The summed E-state index contributed by atoms with van der Waals surface area (Å²) in [6, 6.07) is 0. The first kappa shape index (κ1) is 12.2. The maximum Gasteiger partial charge on any atom is 0.234 e. The average Bonchev–Trinajstić information content (AvgIpc) is 1.94. The molecular formula is C7H15ClO3S. The fourth-order valence-corrected chi connectivity index (χ4v) is 1.22. The van der Waals surface area contributed by atoms with Crippen LogP contribution in [0, 0.1) is 0 Å². The molecule has 5 heteroatoms. The Morgan fingerprint density at radius 3 is 2.42 bits per heavy atom. The van der Waals surface area contributed by atoms with Crippen molar-refractivity contribution in [3.63, 3.8) is 0 Å². The summed E-state index contributed by atoms with van der Waals surface area (Å²) in [6.07, 6.45) is 3.24. The van der Waals surface area contributed by atoms with Crippen LogP contribution in [0.5, 0.6) is 0 Å². The van der Waals surface area contributed by atoms with E-state index in [1.165, 1.54) is 0 Å². The van der Waals surface area contributed by atoms with Gasteiger partial charge in [-0.05, 0) is 6.42 Å². The van der Waals surface area contributed by atoms with Crippen molar-refractivity contribution in [2.24, 2.45) is 0 Å². The highest BCUT2D eigenvalue weighted by molar-refractivity contribution is 8.13. The number of ether oxygens (including phenoxy) is 1. The first-order chi connectivity index (χ1) is 5.56. The zero-order valence-electron chi connectivity index (χ0n) is 7.25. The van der Waals surface area contributed by atoms with Crippen molar-refractivity contribution in [1.82, 2.24) is 0 Å². The zero-order valence-corrected chi connectivity index (χ0v) is 8.83. The van der Waals surface area contributed by atoms with Crippen LogP contribution in [-0.4, -0.2) is 27.4 Å². The van der Waals surface area contributed by atoms with Crippen LogP contribution in [0.4, 0.5) is 0 Å². The minimum absolute atomic E-state index is 0.0965. The van der Waals surface area contributed by atoms with E-state index in [0.717, 1.165) is 19.3 Å². The fourth-order valence-electron chi connectivity index (χ4n) is 0.715. The van der Waals surface area contributed by atoms with Crippen molar-refractivity contribution in [3.05, 3.63) is 0 Å². The average molecular weight is 215 g/mol. The Balaban J connectivity index is 3.12. The first-order valence-electron chi connectivity index (χ1n) is 4.06. The summed E-state index contributed by atoms with van der Waals surface area (Å²) in [5.41, 5.74) is 0. The minimum atomic E-state index is -3.37. The van der Waals surface area contributed by atoms with Crippen LogP contribution in [0.15, 0.2) is 0 Å². The molecule has 12 heavy (non-hydrogen) atoms. The molecule has 0 rings (SSSR count). The molecule has 0 aliphatic carbocycles. The topological polar surface area (TPSA) is 43.4 Å². The second-order valence-electron chi connectivity index (χ2n) is 2.56. The number of hydrogen-bond acceptors (Lipinski definition) is 3. The van der Waals surface area contributed by atoms with Gasteiger partial charge >= 0.3 is 0 Å². The van der Waals surface area contributed by atoms with Crippen molar-refractivity contribution >= 4 is 19.7 Å². The van der Waals surface area contributed by atoms with Gasteiger partial charge in [0.15, 0.2) is 0 Å². The maximum atomic E-state index is 10.4. The van der Waals surface area contributed by atoms with E-state index in [9.17, 15) is 8.42 Å². The molecule has 0 aromatic carbocycles. The molecule has 0 saturated heterocycles. The number of unbranched alkanes of at least 4 members (excludes halogenated alkanes) is 2. The molecule has 0 aliphatic rings. The second kappa shape index (κ2) is 6.69. The summed E-state index contributed by atoms with van der Waals surface area (Å²) in [4.78, 5) is 0. The lowest BCUT2D eigenvalue weighted by molar-refractivity contribution is 0.145. The fraction of sp³-hybridized carbons (Fsp3) is 1.00. The monoisotopic (exact) mass is 214 g/mol. The van der Waals surface area contributed by atoms with Gasteiger partial charge in [0.05, 0.1) is 12.4 Å². The van der Waals surface area contributed by atoms with Gasteiger partial charge in [0, 0.05) is 17.3 Å². The summed E-state index contributed by atoms with van der Waals surface area (Å²) >= 11 is 0. The molecule has 0 radical (unpaired) electrons. The van der Waals surface area contributed by atoms with Gasteiger partial charge in [0.2, 0.25) is 9.05 Å². The minimum Gasteiger partial charge on any atom is -0.380 e. The van der Waals surface area contributed by atoms with Crippen molar-refractivity contribution in [3.8, 4) is 0 Å². The lowest BCUT2D eigenvalue weighted by Gasteiger charge is -2.00.